The van der Waals surface area contributed by atoms with Gasteiger partial charge in [0.25, 0.3) is 0 Å². The first-order valence-corrected chi connectivity index (χ1v) is 9.31. The van der Waals surface area contributed by atoms with E-state index in [4.69, 9.17) is 19.6 Å². The van der Waals surface area contributed by atoms with Crippen molar-refractivity contribution in [2.24, 2.45) is 10.8 Å². The van der Waals surface area contributed by atoms with Gasteiger partial charge in [0.2, 0.25) is 17.1 Å². The Hall–Kier alpha value is -3.86. The number of nitriles is 3. The number of nitrogens with one attached hydrogen (secondary N) is 1. The van der Waals surface area contributed by atoms with Crippen molar-refractivity contribution in [3.8, 4) is 24.0 Å². The fourth-order valence-corrected chi connectivity index (χ4v) is 4.71. The Morgan fingerprint density at radius 1 is 0.933 bits per heavy atom. The zero-order valence-corrected chi connectivity index (χ0v) is 16.4. The van der Waals surface area contributed by atoms with E-state index in [1.807, 2.05) is 6.07 Å². The molecule has 0 aromatic heterocycles. The van der Waals surface area contributed by atoms with Crippen LogP contribution in [0.1, 0.15) is 30.1 Å². The highest BCUT2D eigenvalue weighted by molar-refractivity contribution is 5.90. The Balaban J connectivity index is 2.00. The standard InChI is InChI=1S/C23H18N4O3/c1-21-18(15-6-4-3-5-7-15)23(14-26,20(27)30-21)22(12-24,13-25)19(29-21)16-8-10-17(28-2)11-9-16/h3-11,18-19,27H,1-2H3. The van der Waals surface area contributed by atoms with Crippen LogP contribution in [0.4, 0.5) is 0 Å². The summed E-state index contributed by atoms with van der Waals surface area (Å²) in [5.74, 6) is -2.07. The minimum Gasteiger partial charge on any atom is -0.497 e. The minimum absolute atomic E-state index is 0.430. The summed E-state index contributed by atoms with van der Waals surface area (Å²) in [7, 11) is 1.53. The Morgan fingerprint density at radius 2 is 1.57 bits per heavy atom. The van der Waals surface area contributed by atoms with Crippen LogP contribution in [0, 0.1) is 50.2 Å². The molecule has 2 heterocycles. The van der Waals surface area contributed by atoms with Gasteiger partial charge in [-0.1, -0.05) is 42.5 Å². The van der Waals surface area contributed by atoms with Gasteiger partial charge in [-0.05, 0) is 23.3 Å². The minimum atomic E-state index is -2.01. The fourth-order valence-electron chi connectivity index (χ4n) is 4.71. The smallest absolute Gasteiger partial charge is 0.218 e. The molecule has 2 bridgehead atoms. The first kappa shape index (κ1) is 19.5. The van der Waals surface area contributed by atoms with Crippen molar-refractivity contribution < 1.29 is 14.2 Å². The quantitative estimate of drug-likeness (QED) is 0.838. The maximum atomic E-state index is 10.4. The van der Waals surface area contributed by atoms with Crippen LogP contribution < -0.4 is 4.74 Å². The number of rotatable bonds is 3. The van der Waals surface area contributed by atoms with Crippen molar-refractivity contribution in [3.63, 3.8) is 0 Å². The Bertz CT molecular complexity index is 1110. The Labute approximate surface area is 174 Å². The first-order chi connectivity index (χ1) is 14.4. The molecule has 2 aromatic carbocycles. The van der Waals surface area contributed by atoms with E-state index in [0.29, 0.717) is 16.9 Å². The van der Waals surface area contributed by atoms with E-state index in [9.17, 15) is 15.8 Å². The first-order valence-electron chi connectivity index (χ1n) is 9.31. The molecule has 148 valence electrons. The summed E-state index contributed by atoms with van der Waals surface area (Å²) in [5, 5.41) is 39.5. The Kier molecular flexibility index (Phi) is 4.28. The number of methoxy groups -OCH3 is 1. The molecule has 0 saturated carbocycles. The summed E-state index contributed by atoms with van der Waals surface area (Å²) in [6.45, 7) is 1.65. The molecule has 1 N–H and O–H groups in total. The summed E-state index contributed by atoms with van der Waals surface area (Å²) < 4.78 is 17.3. The van der Waals surface area contributed by atoms with Gasteiger partial charge < -0.3 is 14.2 Å². The van der Waals surface area contributed by atoms with E-state index in [-0.39, 0.29) is 0 Å². The monoisotopic (exact) mass is 398 g/mol. The lowest BCUT2D eigenvalue weighted by Gasteiger charge is -2.48. The Morgan fingerprint density at radius 3 is 2.10 bits per heavy atom. The second-order valence-electron chi connectivity index (χ2n) is 7.51. The molecule has 2 saturated heterocycles. The molecule has 4 unspecified atom stereocenters. The van der Waals surface area contributed by atoms with Gasteiger partial charge in [0, 0.05) is 6.92 Å². The van der Waals surface area contributed by atoms with E-state index < -0.39 is 34.5 Å². The van der Waals surface area contributed by atoms with Crippen LogP contribution in [0.2, 0.25) is 0 Å². The normalized spacial score (nSPS) is 31.0. The largest absolute Gasteiger partial charge is 0.497 e. The van der Waals surface area contributed by atoms with Gasteiger partial charge in [-0.2, -0.15) is 15.8 Å². The molecule has 4 atom stereocenters. The van der Waals surface area contributed by atoms with Gasteiger partial charge in [-0.15, -0.1) is 0 Å². The van der Waals surface area contributed by atoms with Crippen LogP contribution in [0.25, 0.3) is 0 Å². The molecular formula is C23H18N4O3. The molecule has 0 radical (unpaired) electrons. The van der Waals surface area contributed by atoms with Gasteiger partial charge in [0.05, 0.1) is 31.2 Å². The zero-order chi connectivity index (χ0) is 21.6. The summed E-state index contributed by atoms with van der Waals surface area (Å²) in [5.41, 5.74) is -2.68. The lowest BCUT2D eigenvalue weighted by Crippen LogP contribution is -2.57. The summed E-state index contributed by atoms with van der Waals surface area (Å²) in [6.07, 6.45) is -1.11. The second-order valence-corrected chi connectivity index (χ2v) is 7.51. The summed E-state index contributed by atoms with van der Waals surface area (Å²) >= 11 is 0. The van der Waals surface area contributed by atoms with Crippen molar-refractivity contribution in [3.05, 3.63) is 65.7 Å². The van der Waals surface area contributed by atoms with Crippen LogP contribution in [0.3, 0.4) is 0 Å². The van der Waals surface area contributed by atoms with Crippen molar-refractivity contribution in [1.29, 1.82) is 21.2 Å². The lowest BCUT2D eigenvalue weighted by atomic mass is 9.52. The number of hydrogen-bond acceptors (Lipinski definition) is 7. The fraction of sp³-hybridized carbons (Fsp3) is 0.304. The molecule has 7 nitrogen and oxygen atoms in total. The van der Waals surface area contributed by atoms with E-state index in [1.54, 1.807) is 55.5 Å². The molecule has 0 spiro atoms. The molecule has 2 aliphatic rings. The van der Waals surface area contributed by atoms with Gasteiger partial charge in [0.15, 0.2) is 5.41 Å². The highest BCUT2D eigenvalue weighted by atomic mass is 16.7. The number of benzene rings is 2. The predicted molar refractivity (Wildman–Crippen MR) is 105 cm³/mol. The highest BCUT2D eigenvalue weighted by Gasteiger charge is 2.79. The van der Waals surface area contributed by atoms with Gasteiger partial charge >= 0.3 is 0 Å². The van der Waals surface area contributed by atoms with Gasteiger partial charge in [-0.3, -0.25) is 5.41 Å². The van der Waals surface area contributed by atoms with E-state index >= 15 is 0 Å². The maximum absolute atomic E-state index is 10.4. The molecule has 30 heavy (non-hydrogen) atoms. The molecule has 4 rings (SSSR count). The molecular weight excluding hydrogens is 380 g/mol. The van der Waals surface area contributed by atoms with Gasteiger partial charge in [-0.25, -0.2) is 0 Å². The van der Waals surface area contributed by atoms with Crippen LogP contribution >= 0.6 is 0 Å². The lowest BCUT2D eigenvalue weighted by molar-refractivity contribution is -0.253. The average Bonchev–Trinajstić information content (AvgIpc) is 2.97. The third kappa shape index (κ3) is 2.23. The number of ether oxygens (including phenoxy) is 3. The van der Waals surface area contributed by atoms with E-state index in [1.165, 1.54) is 7.11 Å². The van der Waals surface area contributed by atoms with Gasteiger partial charge in [0.1, 0.15) is 11.9 Å². The van der Waals surface area contributed by atoms with Crippen molar-refractivity contribution in [2.75, 3.05) is 7.11 Å². The molecule has 7 heteroatoms. The van der Waals surface area contributed by atoms with Crippen molar-refractivity contribution in [2.45, 2.75) is 24.7 Å². The van der Waals surface area contributed by atoms with Crippen LogP contribution in [-0.4, -0.2) is 18.8 Å². The summed E-state index contributed by atoms with van der Waals surface area (Å²) in [6, 6.07) is 22.0. The van der Waals surface area contributed by atoms with E-state index in [2.05, 4.69) is 18.2 Å². The van der Waals surface area contributed by atoms with E-state index in [0.717, 1.165) is 0 Å². The predicted octanol–water partition coefficient (Wildman–Crippen LogP) is 3.82. The second kappa shape index (κ2) is 6.59. The topological polar surface area (TPSA) is 123 Å². The van der Waals surface area contributed by atoms with Crippen molar-refractivity contribution in [1.82, 2.24) is 0 Å². The molecule has 2 fully saturated rings. The third-order valence-electron chi connectivity index (χ3n) is 6.07. The molecule has 0 aliphatic carbocycles. The number of fused-ring (bicyclic) bond motifs is 2. The molecule has 0 amide bonds. The van der Waals surface area contributed by atoms with Crippen LogP contribution in [0.5, 0.6) is 5.75 Å². The third-order valence-corrected chi connectivity index (χ3v) is 6.07. The highest BCUT2D eigenvalue weighted by Crippen LogP contribution is 2.69. The van der Waals surface area contributed by atoms with Crippen LogP contribution in [-0.2, 0) is 9.47 Å². The van der Waals surface area contributed by atoms with Crippen molar-refractivity contribution >= 4 is 5.90 Å². The molecule has 2 aromatic rings. The number of nitrogens with zero attached hydrogens (tertiary/aromatic N) is 3. The maximum Gasteiger partial charge on any atom is 0.218 e. The number of hydrogen-bond donors (Lipinski definition) is 1. The summed E-state index contributed by atoms with van der Waals surface area (Å²) in [4.78, 5) is 0. The zero-order valence-electron chi connectivity index (χ0n) is 16.4. The average molecular weight is 398 g/mol. The van der Waals surface area contributed by atoms with Crippen LogP contribution in [0.15, 0.2) is 54.6 Å². The SMILES string of the molecule is COc1ccc(C2OC3(C)OC(=N)C(C#N)(C3c3ccccc3)C2(C#N)C#N)cc1. The molecule has 2 aliphatic heterocycles.